The van der Waals surface area contributed by atoms with Crippen molar-refractivity contribution in [3.8, 4) is 22.6 Å². The van der Waals surface area contributed by atoms with Gasteiger partial charge in [0.15, 0.2) is 17.4 Å². The lowest BCUT2D eigenvalue weighted by molar-refractivity contribution is 0.288. The van der Waals surface area contributed by atoms with Crippen molar-refractivity contribution in [1.82, 2.24) is 10.3 Å². The topological polar surface area (TPSA) is 137 Å². The van der Waals surface area contributed by atoms with E-state index in [9.17, 15) is 8.78 Å². The molecular formula is C24H29F2N7O2. The largest absolute Gasteiger partial charge is 0.497 e. The van der Waals surface area contributed by atoms with Crippen molar-refractivity contribution in [2.75, 3.05) is 37.5 Å². The molecule has 0 saturated carbocycles. The van der Waals surface area contributed by atoms with E-state index in [1.807, 2.05) is 19.1 Å². The summed E-state index contributed by atoms with van der Waals surface area (Å²) < 4.78 is 40.1. The fourth-order valence-electron chi connectivity index (χ4n) is 3.35. The summed E-state index contributed by atoms with van der Waals surface area (Å²) in [4.78, 5) is 4.19. The number of hydrogen-bond acceptors (Lipinski definition) is 8. The summed E-state index contributed by atoms with van der Waals surface area (Å²) in [5.41, 5.74) is 7.47. The Morgan fingerprint density at radius 1 is 1.11 bits per heavy atom. The highest BCUT2D eigenvalue weighted by molar-refractivity contribution is 6.12. The number of hydrazone groups is 1. The number of anilines is 2. The van der Waals surface area contributed by atoms with Gasteiger partial charge in [-0.05, 0) is 55.4 Å². The van der Waals surface area contributed by atoms with Gasteiger partial charge in [-0.25, -0.2) is 15.2 Å². The van der Waals surface area contributed by atoms with Gasteiger partial charge in [0, 0.05) is 11.8 Å². The van der Waals surface area contributed by atoms with Crippen LogP contribution in [0.25, 0.3) is 11.1 Å². The van der Waals surface area contributed by atoms with Gasteiger partial charge in [-0.3, -0.25) is 5.01 Å². The van der Waals surface area contributed by atoms with E-state index in [4.69, 9.17) is 26.9 Å². The van der Waals surface area contributed by atoms with Crippen molar-refractivity contribution >= 4 is 17.3 Å². The number of pyridine rings is 1. The second-order valence-corrected chi connectivity index (χ2v) is 7.47. The molecule has 9 nitrogen and oxygen atoms in total. The zero-order chi connectivity index (χ0) is 25.4. The third-order valence-electron chi connectivity index (χ3n) is 5.22. The predicted octanol–water partition coefficient (Wildman–Crippen LogP) is 3.00. The van der Waals surface area contributed by atoms with Crippen molar-refractivity contribution in [3.05, 3.63) is 65.9 Å². The van der Waals surface area contributed by atoms with Crippen molar-refractivity contribution in [3.63, 3.8) is 0 Å². The lowest BCUT2D eigenvalue weighted by Crippen LogP contribution is -2.40. The maximum absolute atomic E-state index is 14.9. The molecule has 1 aromatic heterocycles. The molecule has 0 unspecified atom stereocenters. The lowest BCUT2D eigenvalue weighted by atomic mass is 10.0. The maximum Gasteiger partial charge on any atom is 0.202 e. The van der Waals surface area contributed by atoms with Crippen molar-refractivity contribution < 1.29 is 18.3 Å². The molecule has 0 atom stereocenters. The summed E-state index contributed by atoms with van der Waals surface area (Å²) in [6.45, 7) is 3.73. The monoisotopic (exact) mass is 485 g/mol. The van der Waals surface area contributed by atoms with Crippen LogP contribution in [-0.4, -0.2) is 37.6 Å². The zero-order valence-corrected chi connectivity index (χ0v) is 19.6. The number of nitrogen functional groups attached to an aromatic ring is 1. The van der Waals surface area contributed by atoms with E-state index < -0.39 is 11.6 Å². The smallest absolute Gasteiger partial charge is 0.202 e. The highest BCUT2D eigenvalue weighted by atomic mass is 19.2. The summed E-state index contributed by atoms with van der Waals surface area (Å²) in [5.74, 6) is 9.74. The normalized spacial score (nSPS) is 11.4. The molecule has 0 bridgehead atoms. The van der Waals surface area contributed by atoms with E-state index in [-0.39, 0.29) is 35.3 Å². The van der Waals surface area contributed by atoms with Gasteiger partial charge >= 0.3 is 0 Å². The molecule has 0 saturated heterocycles. The molecule has 0 fully saturated rings. The number of aromatic nitrogens is 1. The van der Waals surface area contributed by atoms with Crippen LogP contribution in [0.5, 0.6) is 11.5 Å². The fourth-order valence-corrected chi connectivity index (χ4v) is 3.35. The van der Waals surface area contributed by atoms with Crippen molar-refractivity contribution in [1.29, 1.82) is 0 Å². The Morgan fingerprint density at radius 2 is 1.86 bits per heavy atom. The zero-order valence-electron chi connectivity index (χ0n) is 19.6. The number of nitrogens with zero attached hydrogens (tertiary/aromatic N) is 3. The molecule has 2 aromatic carbocycles. The van der Waals surface area contributed by atoms with E-state index >= 15 is 0 Å². The molecule has 0 aliphatic rings. The van der Waals surface area contributed by atoms with Gasteiger partial charge in [0.2, 0.25) is 5.82 Å². The van der Waals surface area contributed by atoms with Gasteiger partial charge in [0.25, 0.3) is 0 Å². The highest BCUT2D eigenvalue weighted by Gasteiger charge is 2.23. The number of ether oxygens (including phenoxy) is 2. The van der Waals surface area contributed by atoms with Gasteiger partial charge in [-0.2, -0.15) is 9.49 Å². The van der Waals surface area contributed by atoms with E-state index in [1.165, 1.54) is 12.1 Å². The van der Waals surface area contributed by atoms with Crippen LogP contribution in [-0.2, 0) is 0 Å². The van der Waals surface area contributed by atoms with E-state index in [0.717, 1.165) is 17.1 Å². The minimum atomic E-state index is -1.21. The molecular weight excluding hydrogens is 456 g/mol. The first-order valence-corrected chi connectivity index (χ1v) is 11.0. The Morgan fingerprint density at radius 3 is 2.51 bits per heavy atom. The standard InChI is InChI=1S/C24H29F2N7O2/c1-3-30-11-4-12-35-20-10-9-19(21(25)22(20)26)33(29)24(32-28)18-13-16(14-31-23(18)27)15-5-7-17(34-2)8-6-15/h5-10,13-14,30H,3-4,11-12,28-29H2,1-2H3,(H2,27,31)/b32-24-. The van der Waals surface area contributed by atoms with Gasteiger partial charge in [-0.15, -0.1) is 0 Å². The third kappa shape index (κ3) is 5.94. The van der Waals surface area contributed by atoms with Gasteiger partial charge < -0.3 is 26.4 Å². The van der Waals surface area contributed by atoms with Crippen molar-refractivity contribution in [2.45, 2.75) is 13.3 Å². The van der Waals surface area contributed by atoms with E-state index in [1.54, 1.807) is 31.5 Å². The molecule has 7 N–H and O–H groups in total. The van der Waals surface area contributed by atoms with E-state index in [2.05, 4.69) is 15.4 Å². The van der Waals surface area contributed by atoms with Crippen LogP contribution < -0.4 is 37.2 Å². The molecule has 186 valence electrons. The number of rotatable bonds is 10. The summed E-state index contributed by atoms with van der Waals surface area (Å²) in [7, 11) is 1.57. The SMILES string of the molecule is CCNCCCOc1ccc(N(N)/C(=N\N)c2cc(-c3ccc(OC)cc3)cnc2N)c(F)c1F. The number of amidine groups is 1. The predicted molar refractivity (Wildman–Crippen MR) is 133 cm³/mol. The fraction of sp³-hybridized carbons (Fsp3) is 0.250. The maximum atomic E-state index is 14.9. The molecule has 35 heavy (non-hydrogen) atoms. The van der Waals surface area contributed by atoms with Crippen LogP contribution >= 0.6 is 0 Å². The second-order valence-electron chi connectivity index (χ2n) is 7.47. The number of nitrogens with one attached hydrogen (secondary N) is 1. The van der Waals surface area contributed by atoms with Crippen LogP contribution in [0.4, 0.5) is 20.3 Å². The molecule has 3 aromatic rings. The highest BCUT2D eigenvalue weighted by Crippen LogP contribution is 2.30. The first-order chi connectivity index (χ1) is 16.9. The van der Waals surface area contributed by atoms with Gasteiger partial charge in [-0.1, -0.05) is 19.1 Å². The Hall–Kier alpha value is -3.96. The first-order valence-electron chi connectivity index (χ1n) is 11.0. The second kappa shape index (κ2) is 12.0. The average molecular weight is 486 g/mol. The number of hydrazine groups is 1. The van der Waals surface area contributed by atoms with Crippen LogP contribution in [0.1, 0.15) is 18.9 Å². The quantitative estimate of drug-likeness (QED) is 0.113. The van der Waals surface area contributed by atoms with Gasteiger partial charge in [0.1, 0.15) is 11.6 Å². The molecule has 0 aliphatic carbocycles. The lowest BCUT2D eigenvalue weighted by Gasteiger charge is -2.22. The molecule has 1 heterocycles. The number of benzene rings is 2. The Kier molecular flexibility index (Phi) is 8.76. The average Bonchev–Trinajstić information content (AvgIpc) is 2.88. The number of halogens is 2. The minimum Gasteiger partial charge on any atom is -0.497 e. The minimum absolute atomic E-state index is 0.0587. The summed E-state index contributed by atoms with van der Waals surface area (Å²) in [6.07, 6.45) is 2.21. The van der Waals surface area contributed by atoms with Crippen LogP contribution in [0, 0.1) is 11.6 Å². The molecule has 3 rings (SSSR count). The van der Waals surface area contributed by atoms with Crippen molar-refractivity contribution in [2.24, 2.45) is 16.8 Å². The molecule has 0 spiro atoms. The molecule has 0 amide bonds. The molecule has 0 aliphatic heterocycles. The number of methoxy groups -OCH3 is 1. The number of nitrogens with two attached hydrogens (primary N) is 3. The van der Waals surface area contributed by atoms with Crippen LogP contribution in [0.2, 0.25) is 0 Å². The molecule has 0 radical (unpaired) electrons. The Bertz CT molecular complexity index is 1170. The summed E-state index contributed by atoms with van der Waals surface area (Å²) in [6, 6.07) is 11.5. The Labute approximate surface area is 202 Å². The summed E-state index contributed by atoms with van der Waals surface area (Å²) >= 11 is 0. The summed E-state index contributed by atoms with van der Waals surface area (Å²) in [5, 5.41) is 7.62. The van der Waals surface area contributed by atoms with Crippen LogP contribution in [0.3, 0.4) is 0 Å². The van der Waals surface area contributed by atoms with E-state index in [0.29, 0.717) is 24.3 Å². The third-order valence-corrected chi connectivity index (χ3v) is 5.22. The first kappa shape index (κ1) is 25.7. The Balaban J connectivity index is 1.87. The van der Waals surface area contributed by atoms with Gasteiger partial charge in [0.05, 0.1) is 25.0 Å². The van der Waals surface area contributed by atoms with Crippen LogP contribution in [0.15, 0.2) is 53.8 Å². The number of hydrogen-bond donors (Lipinski definition) is 4. The molecule has 11 heteroatoms.